The number of hydrogen-bond donors (Lipinski definition) is 0. The molecule has 1 amide bonds. The van der Waals surface area contributed by atoms with Crippen LogP contribution in [0.15, 0.2) is 47.8 Å². The van der Waals surface area contributed by atoms with Crippen LogP contribution < -0.4 is 9.64 Å². The number of benzene rings is 1. The number of piperazine rings is 1. The van der Waals surface area contributed by atoms with E-state index in [4.69, 9.17) is 4.74 Å². The molecular formula is C22H24N4O2S. The van der Waals surface area contributed by atoms with Gasteiger partial charge in [0.05, 0.1) is 4.88 Å². The molecule has 0 spiro atoms. The van der Waals surface area contributed by atoms with Crippen molar-refractivity contribution in [3.63, 3.8) is 0 Å². The SMILES string of the molecule is Cc1ccc(C)c(OCC(=O)N2CCN(c3ccc(-c4cccs4)nn3)CC2)c1. The molecule has 0 radical (unpaired) electrons. The van der Waals surface area contributed by atoms with Gasteiger partial charge in [0.1, 0.15) is 11.4 Å². The summed E-state index contributed by atoms with van der Waals surface area (Å²) in [5.74, 6) is 1.65. The predicted molar refractivity (Wildman–Crippen MR) is 116 cm³/mol. The van der Waals surface area contributed by atoms with Crippen molar-refractivity contribution >= 4 is 23.1 Å². The molecule has 0 saturated carbocycles. The van der Waals surface area contributed by atoms with Crippen molar-refractivity contribution in [3.8, 4) is 16.3 Å². The van der Waals surface area contributed by atoms with Gasteiger partial charge in [0.15, 0.2) is 12.4 Å². The zero-order valence-electron chi connectivity index (χ0n) is 16.7. The van der Waals surface area contributed by atoms with Crippen LogP contribution in [0.25, 0.3) is 10.6 Å². The number of carbonyl (C=O) groups excluding carboxylic acids is 1. The average molecular weight is 409 g/mol. The first-order valence-corrected chi connectivity index (χ1v) is 10.6. The molecule has 29 heavy (non-hydrogen) atoms. The summed E-state index contributed by atoms with van der Waals surface area (Å²) in [7, 11) is 0. The van der Waals surface area contributed by atoms with Crippen molar-refractivity contribution in [2.45, 2.75) is 13.8 Å². The number of aryl methyl sites for hydroxylation is 2. The second kappa shape index (κ2) is 8.61. The van der Waals surface area contributed by atoms with Crippen molar-refractivity contribution in [2.75, 3.05) is 37.7 Å². The Hall–Kier alpha value is -2.93. The summed E-state index contributed by atoms with van der Waals surface area (Å²) in [5, 5.41) is 10.8. The Morgan fingerprint density at radius 2 is 1.90 bits per heavy atom. The maximum absolute atomic E-state index is 12.5. The van der Waals surface area contributed by atoms with Crippen molar-refractivity contribution in [1.82, 2.24) is 15.1 Å². The monoisotopic (exact) mass is 408 g/mol. The number of nitrogens with zero attached hydrogens (tertiary/aromatic N) is 4. The number of aromatic nitrogens is 2. The van der Waals surface area contributed by atoms with Gasteiger partial charge in [-0.3, -0.25) is 4.79 Å². The Bertz CT molecular complexity index is 965. The fourth-order valence-electron chi connectivity index (χ4n) is 3.33. The fourth-order valence-corrected chi connectivity index (χ4v) is 4.02. The number of thiophene rings is 1. The van der Waals surface area contributed by atoms with Crippen LogP contribution in [0.5, 0.6) is 5.75 Å². The largest absolute Gasteiger partial charge is 0.483 e. The van der Waals surface area contributed by atoms with Gasteiger partial charge in [0.25, 0.3) is 5.91 Å². The van der Waals surface area contributed by atoms with E-state index in [1.165, 1.54) is 0 Å². The van der Waals surface area contributed by atoms with Crippen LogP contribution in [0.1, 0.15) is 11.1 Å². The molecule has 7 heteroatoms. The van der Waals surface area contributed by atoms with Crippen LogP contribution in [-0.4, -0.2) is 53.8 Å². The number of hydrogen-bond acceptors (Lipinski definition) is 6. The summed E-state index contributed by atoms with van der Waals surface area (Å²) in [6, 6.07) is 14.1. The van der Waals surface area contributed by atoms with Crippen LogP contribution in [0, 0.1) is 13.8 Å². The molecule has 0 aliphatic carbocycles. The lowest BCUT2D eigenvalue weighted by atomic mass is 10.1. The second-order valence-electron chi connectivity index (χ2n) is 7.18. The van der Waals surface area contributed by atoms with E-state index in [0.717, 1.165) is 46.4 Å². The molecule has 6 nitrogen and oxygen atoms in total. The molecule has 2 aromatic heterocycles. The average Bonchev–Trinajstić information content (AvgIpc) is 3.29. The minimum atomic E-state index is 0.0182. The number of anilines is 1. The molecule has 1 saturated heterocycles. The van der Waals surface area contributed by atoms with Crippen molar-refractivity contribution in [2.24, 2.45) is 0 Å². The molecule has 0 N–H and O–H groups in total. The molecule has 4 rings (SSSR count). The smallest absolute Gasteiger partial charge is 0.260 e. The van der Waals surface area contributed by atoms with E-state index < -0.39 is 0 Å². The van der Waals surface area contributed by atoms with E-state index >= 15 is 0 Å². The van der Waals surface area contributed by atoms with Gasteiger partial charge in [-0.25, -0.2) is 0 Å². The standard InChI is InChI=1S/C22H24N4O2S/c1-16-5-6-17(2)19(14-16)28-15-22(27)26-11-9-25(10-12-26)21-8-7-18(23-24-21)20-4-3-13-29-20/h3-8,13-14H,9-12,15H2,1-2H3. The first-order valence-electron chi connectivity index (χ1n) is 9.70. The Kier molecular flexibility index (Phi) is 5.76. The van der Waals surface area contributed by atoms with Gasteiger partial charge in [-0.05, 0) is 54.6 Å². The maximum Gasteiger partial charge on any atom is 0.260 e. The molecule has 150 valence electrons. The topological polar surface area (TPSA) is 58.6 Å². The minimum Gasteiger partial charge on any atom is -0.483 e. The molecule has 0 unspecified atom stereocenters. The van der Waals surface area contributed by atoms with Gasteiger partial charge in [0.2, 0.25) is 0 Å². The van der Waals surface area contributed by atoms with E-state index in [1.807, 2.05) is 66.6 Å². The summed E-state index contributed by atoms with van der Waals surface area (Å²) < 4.78 is 5.77. The number of carbonyl (C=O) groups is 1. The summed E-state index contributed by atoms with van der Waals surface area (Å²) in [6.07, 6.45) is 0. The normalized spacial score (nSPS) is 14.1. The van der Waals surface area contributed by atoms with Crippen LogP contribution in [0.2, 0.25) is 0 Å². The van der Waals surface area contributed by atoms with Crippen LogP contribution in [0.3, 0.4) is 0 Å². The number of rotatable bonds is 5. The van der Waals surface area contributed by atoms with E-state index in [1.54, 1.807) is 11.3 Å². The van der Waals surface area contributed by atoms with Gasteiger partial charge in [-0.1, -0.05) is 18.2 Å². The highest BCUT2D eigenvalue weighted by Gasteiger charge is 2.22. The first-order chi connectivity index (χ1) is 14.1. The Balaban J connectivity index is 1.29. The zero-order valence-corrected chi connectivity index (χ0v) is 17.5. The second-order valence-corrected chi connectivity index (χ2v) is 8.13. The van der Waals surface area contributed by atoms with E-state index in [-0.39, 0.29) is 12.5 Å². The van der Waals surface area contributed by atoms with Gasteiger partial charge >= 0.3 is 0 Å². The Labute approximate surface area is 174 Å². The third kappa shape index (κ3) is 4.56. The highest BCUT2D eigenvalue weighted by Crippen LogP contribution is 2.23. The summed E-state index contributed by atoms with van der Waals surface area (Å²) in [6.45, 7) is 6.86. The lowest BCUT2D eigenvalue weighted by Crippen LogP contribution is -2.50. The van der Waals surface area contributed by atoms with Crippen molar-refractivity contribution in [3.05, 3.63) is 59.0 Å². The Morgan fingerprint density at radius 1 is 1.07 bits per heavy atom. The first kappa shape index (κ1) is 19.4. The molecular weight excluding hydrogens is 384 g/mol. The minimum absolute atomic E-state index is 0.0182. The van der Waals surface area contributed by atoms with Gasteiger partial charge in [-0.2, -0.15) is 0 Å². The van der Waals surface area contributed by atoms with Crippen LogP contribution in [0.4, 0.5) is 5.82 Å². The molecule has 1 aromatic carbocycles. The predicted octanol–water partition coefficient (Wildman–Crippen LogP) is 3.55. The molecule has 1 fully saturated rings. The molecule has 0 bridgehead atoms. The quantitative estimate of drug-likeness (QED) is 0.646. The van der Waals surface area contributed by atoms with E-state index in [2.05, 4.69) is 15.1 Å². The molecule has 1 aliphatic heterocycles. The fraction of sp³-hybridized carbons (Fsp3) is 0.318. The summed E-state index contributed by atoms with van der Waals surface area (Å²) in [4.78, 5) is 17.7. The summed E-state index contributed by atoms with van der Waals surface area (Å²) in [5.41, 5.74) is 3.05. The van der Waals surface area contributed by atoms with Gasteiger partial charge < -0.3 is 14.5 Å². The van der Waals surface area contributed by atoms with Crippen molar-refractivity contribution in [1.29, 1.82) is 0 Å². The summed E-state index contributed by atoms with van der Waals surface area (Å²) >= 11 is 1.65. The maximum atomic E-state index is 12.5. The lowest BCUT2D eigenvalue weighted by Gasteiger charge is -2.35. The highest BCUT2D eigenvalue weighted by molar-refractivity contribution is 7.13. The molecule has 1 aliphatic rings. The van der Waals surface area contributed by atoms with E-state index in [0.29, 0.717) is 13.1 Å². The Morgan fingerprint density at radius 3 is 2.59 bits per heavy atom. The number of ether oxygens (including phenoxy) is 1. The van der Waals surface area contributed by atoms with Crippen LogP contribution >= 0.6 is 11.3 Å². The number of amides is 1. The van der Waals surface area contributed by atoms with E-state index in [9.17, 15) is 4.79 Å². The third-order valence-corrected chi connectivity index (χ3v) is 5.97. The zero-order chi connectivity index (χ0) is 20.2. The van der Waals surface area contributed by atoms with Crippen LogP contribution in [-0.2, 0) is 4.79 Å². The van der Waals surface area contributed by atoms with Gasteiger partial charge in [0, 0.05) is 26.2 Å². The van der Waals surface area contributed by atoms with Gasteiger partial charge in [-0.15, -0.1) is 21.5 Å². The third-order valence-electron chi connectivity index (χ3n) is 5.08. The van der Waals surface area contributed by atoms with Crippen molar-refractivity contribution < 1.29 is 9.53 Å². The molecule has 3 aromatic rings. The molecule has 3 heterocycles. The molecule has 0 atom stereocenters. The highest BCUT2D eigenvalue weighted by atomic mass is 32.1. The lowest BCUT2D eigenvalue weighted by molar-refractivity contribution is -0.133.